The molecule has 2 fully saturated rings. The van der Waals surface area contributed by atoms with E-state index in [4.69, 9.17) is 4.74 Å². The molecule has 2 N–H and O–H groups in total. The Balaban J connectivity index is 1.21. The molecule has 5 rings (SSSR count). The number of amides is 1. The highest BCUT2D eigenvalue weighted by Crippen LogP contribution is 2.26. The monoisotopic (exact) mass is 409 g/mol. The molecule has 1 aromatic carbocycles. The number of carbonyl (C=O) groups is 1. The molecule has 8 heteroatoms. The fraction of sp³-hybridized carbons (Fsp3) is 0.500. The summed E-state index contributed by atoms with van der Waals surface area (Å²) in [7, 11) is 0. The van der Waals surface area contributed by atoms with Crippen LogP contribution in [0.2, 0.25) is 0 Å². The van der Waals surface area contributed by atoms with Gasteiger partial charge in [-0.3, -0.25) is 9.69 Å². The Hall–Kier alpha value is -2.55. The van der Waals surface area contributed by atoms with Gasteiger partial charge in [0.2, 0.25) is 0 Å². The van der Waals surface area contributed by atoms with Gasteiger partial charge in [0.1, 0.15) is 17.8 Å². The number of likely N-dealkylation sites (tertiary alicyclic amines) is 1. The Morgan fingerprint density at radius 2 is 2.00 bits per heavy atom. The summed E-state index contributed by atoms with van der Waals surface area (Å²) in [6.45, 7) is 4.03. The van der Waals surface area contributed by atoms with Gasteiger partial charge in [0, 0.05) is 38.3 Å². The number of aliphatic hydroxyl groups excluding tert-OH is 1. The number of nitrogens with zero attached hydrogens (tertiary/aromatic N) is 4. The van der Waals surface area contributed by atoms with Crippen molar-refractivity contribution in [3.63, 3.8) is 0 Å². The number of β-amino-alcohol motifs (C(OH)–C–C–N with tert-alkyl or cyclic N) is 1. The molecular weight excluding hydrogens is 382 g/mol. The molecular formula is C22H27N5O3. The molecule has 30 heavy (non-hydrogen) atoms. The molecule has 4 heterocycles. The highest BCUT2D eigenvalue weighted by molar-refractivity contribution is 5.93. The van der Waals surface area contributed by atoms with Crippen LogP contribution in [0.3, 0.4) is 0 Å². The predicted molar refractivity (Wildman–Crippen MR) is 111 cm³/mol. The lowest BCUT2D eigenvalue weighted by Crippen LogP contribution is -2.56. The van der Waals surface area contributed by atoms with Gasteiger partial charge in [0.05, 0.1) is 25.4 Å². The maximum absolute atomic E-state index is 13.0. The average molecular weight is 409 g/mol. The van der Waals surface area contributed by atoms with E-state index in [-0.39, 0.29) is 18.0 Å². The lowest BCUT2D eigenvalue weighted by molar-refractivity contribution is -0.0139. The van der Waals surface area contributed by atoms with Crippen LogP contribution in [0.5, 0.6) is 0 Å². The summed E-state index contributed by atoms with van der Waals surface area (Å²) < 4.78 is 5.16. The van der Waals surface area contributed by atoms with Crippen LogP contribution in [0.4, 0.5) is 5.82 Å². The second-order valence-electron chi connectivity index (χ2n) is 8.33. The minimum atomic E-state index is -0.570. The largest absolute Gasteiger partial charge is 0.390 e. The van der Waals surface area contributed by atoms with E-state index in [1.807, 2.05) is 0 Å². The molecule has 2 aromatic rings. The molecule has 1 amide bonds. The third-order valence-electron chi connectivity index (χ3n) is 6.34. The standard InChI is InChI=1S/C22H27N5O3/c28-20-11-27(22(29)18-9-21(24-14-23-18)25-17-12-30-13-17)8-6-19(20)26-7-5-15-3-1-2-4-16(15)10-26/h1-4,9,14,17,19-20,28H,5-8,10-13H2,(H,23,24,25)/t19?,20-/m1/s1. The Bertz CT molecular complexity index is 919. The number of hydrogen-bond donors (Lipinski definition) is 2. The number of aliphatic hydroxyl groups is 1. The van der Waals surface area contributed by atoms with Gasteiger partial charge in [-0.15, -0.1) is 0 Å². The maximum atomic E-state index is 13.0. The molecule has 0 aliphatic carbocycles. The van der Waals surface area contributed by atoms with Gasteiger partial charge in [-0.1, -0.05) is 24.3 Å². The summed E-state index contributed by atoms with van der Waals surface area (Å²) in [5.74, 6) is 0.468. The summed E-state index contributed by atoms with van der Waals surface area (Å²) in [4.78, 5) is 25.4. The molecule has 3 aliphatic heterocycles. The van der Waals surface area contributed by atoms with E-state index >= 15 is 0 Å². The summed E-state index contributed by atoms with van der Waals surface area (Å²) in [6, 6.07) is 10.5. The number of benzene rings is 1. The van der Waals surface area contributed by atoms with Gasteiger partial charge in [-0.05, 0) is 24.0 Å². The average Bonchev–Trinajstić information content (AvgIpc) is 2.75. The first-order valence-electron chi connectivity index (χ1n) is 10.6. The van der Waals surface area contributed by atoms with Crippen molar-refractivity contribution < 1.29 is 14.6 Å². The van der Waals surface area contributed by atoms with E-state index in [0.717, 1.165) is 25.9 Å². The number of anilines is 1. The van der Waals surface area contributed by atoms with E-state index in [2.05, 4.69) is 44.5 Å². The zero-order valence-corrected chi connectivity index (χ0v) is 16.9. The first-order chi connectivity index (χ1) is 14.7. The molecule has 0 bridgehead atoms. The number of fused-ring (bicyclic) bond motifs is 1. The lowest BCUT2D eigenvalue weighted by Gasteiger charge is -2.43. The normalized spacial score (nSPS) is 24.8. The minimum absolute atomic E-state index is 0.0728. The van der Waals surface area contributed by atoms with Gasteiger partial charge >= 0.3 is 0 Å². The zero-order chi connectivity index (χ0) is 20.5. The second kappa shape index (κ2) is 8.29. The zero-order valence-electron chi connectivity index (χ0n) is 16.9. The maximum Gasteiger partial charge on any atom is 0.272 e. The number of piperidine rings is 1. The number of hydrogen-bond acceptors (Lipinski definition) is 7. The van der Waals surface area contributed by atoms with Crippen molar-refractivity contribution >= 4 is 11.7 Å². The Morgan fingerprint density at radius 3 is 2.77 bits per heavy atom. The number of carbonyl (C=O) groups excluding carboxylic acids is 1. The fourth-order valence-corrected chi connectivity index (χ4v) is 4.57. The fourth-order valence-electron chi connectivity index (χ4n) is 4.57. The molecule has 158 valence electrons. The van der Waals surface area contributed by atoms with Crippen LogP contribution < -0.4 is 5.32 Å². The van der Waals surface area contributed by atoms with Crippen LogP contribution >= 0.6 is 0 Å². The topological polar surface area (TPSA) is 90.8 Å². The van der Waals surface area contributed by atoms with Crippen LogP contribution in [0.1, 0.15) is 28.0 Å². The smallest absolute Gasteiger partial charge is 0.272 e. The van der Waals surface area contributed by atoms with E-state index in [0.29, 0.717) is 37.8 Å². The first kappa shape index (κ1) is 19.4. The Kier molecular flexibility index (Phi) is 5.37. The molecule has 2 saturated heterocycles. The van der Waals surface area contributed by atoms with E-state index in [1.165, 1.54) is 17.5 Å². The lowest BCUT2D eigenvalue weighted by atomic mass is 9.94. The van der Waals surface area contributed by atoms with Crippen molar-refractivity contribution in [1.29, 1.82) is 0 Å². The van der Waals surface area contributed by atoms with Crippen molar-refractivity contribution in [3.05, 3.63) is 53.5 Å². The van der Waals surface area contributed by atoms with Crippen molar-refractivity contribution in [2.75, 3.05) is 38.2 Å². The van der Waals surface area contributed by atoms with Crippen molar-refractivity contribution in [3.8, 4) is 0 Å². The van der Waals surface area contributed by atoms with Gasteiger partial charge in [-0.2, -0.15) is 0 Å². The highest BCUT2D eigenvalue weighted by atomic mass is 16.5. The number of rotatable bonds is 4. The van der Waals surface area contributed by atoms with Gasteiger partial charge in [-0.25, -0.2) is 9.97 Å². The summed E-state index contributed by atoms with van der Waals surface area (Å²) >= 11 is 0. The number of ether oxygens (including phenoxy) is 1. The quantitative estimate of drug-likeness (QED) is 0.776. The summed E-state index contributed by atoms with van der Waals surface area (Å²) in [6.07, 6.45) is 2.60. The van der Waals surface area contributed by atoms with Crippen LogP contribution in [-0.2, 0) is 17.7 Å². The predicted octanol–water partition coefficient (Wildman–Crippen LogP) is 0.921. The van der Waals surface area contributed by atoms with Gasteiger partial charge < -0.3 is 20.1 Å². The van der Waals surface area contributed by atoms with Crippen molar-refractivity contribution in [2.24, 2.45) is 0 Å². The third-order valence-corrected chi connectivity index (χ3v) is 6.34. The molecule has 0 radical (unpaired) electrons. The van der Waals surface area contributed by atoms with Crippen molar-refractivity contribution in [1.82, 2.24) is 19.8 Å². The first-order valence-corrected chi connectivity index (χ1v) is 10.6. The van der Waals surface area contributed by atoms with Crippen LogP contribution in [0.25, 0.3) is 0 Å². The van der Waals surface area contributed by atoms with E-state index in [9.17, 15) is 9.90 Å². The second-order valence-corrected chi connectivity index (χ2v) is 8.33. The van der Waals surface area contributed by atoms with Crippen LogP contribution in [0.15, 0.2) is 36.7 Å². The van der Waals surface area contributed by atoms with E-state index in [1.54, 1.807) is 11.0 Å². The highest BCUT2D eigenvalue weighted by Gasteiger charge is 2.35. The Labute approximate surface area is 175 Å². The van der Waals surface area contributed by atoms with Gasteiger partial charge in [0.15, 0.2) is 0 Å². The molecule has 0 saturated carbocycles. The molecule has 2 atom stereocenters. The van der Waals surface area contributed by atoms with Gasteiger partial charge in [0.25, 0.3) is 5.91 Å². The summed E-state index contributed by atoms with van der Waals surface area (Å²) in [5.41, 5.74) is 3.09. The Morgan fingerprint density at radius 1 is 1.17 bits per heavy atom. The molecule has 8 nitrogen and oxygen atoms in total. The summed E-state index contributed by atoms with van der Waals surface area (Å²) in [5, 5.41) is 14.1. The van der Waals surface area contributed by atoms with Crippen LogP contribution in [0, 0.1) is 0 Å². The molecule has 0 spiro atoms. The molecule has 1 aromatic heterocycles. The van der Waals surface area contributed by atoms with E-state index < -0.39 is 6.10 Å². The molecule has 1 unspecified atom stereocenters. The minimum Gasteiger partial charge on any atom is -0.390 e. The number of nitrogens with one attached hydrogen (secondary N) is 1. The van der Waals surface area contributed by atoms with Crippen LogP contribution in [-0.4, -0.2) is 81.8 Å². The molecule has 3 aliphatic rings. The van der Waals surface area contributed by atoms with Crippen molar-refractivity contribution in [2.45, 2.75) is 37.6 Å². The third kappa shape index (κ3) is 3.90. The SMILES string of the molecule is O=C(c1cc(NC2COC2)ncn1)N1CCC(N2CCc3ccccc3C2)[C@H](O)C1. The number of aromatic nitrogens is 2.